The van der Waals surface area contributed by atoms with Crippen LogP contribution in [0.15, 0.2) is 84.9 Å². The minimum atomic E-state index is -0.572. The molecule has 0 bridgehead atoms. The van der Waals surface area contributed by atoms with E-state index in [1.54, 1.807) is 0 Å². The summed E-state index contributed by atoms with van der Waals surface area (Å²) in [6.07, 6.45) is 0. The molecule has 0 aliphatic carbocycles. The maximum Gasteiger partial charge on any atom is 0.244 e. The lowest BCUT2D eigenvalue weighted by atomic mass is 10.1. The van der Waals surface area contributed by atoms with E-state index in [1.165, 1.54) is 0 Å². The molecule has 3 aromatic carbocycles. The topological polar surface area (TPSA) is 64.4 Å². The van der Waals surface area contributed by atoms with Crippen molar-refractivity contribution >= 4 is 11.6 Å². The van der Waals surface area contributed by atoms with Crippen molar-refractivity contribution in [3.63, 3.8) is 0 Å². The highest BCUT2D eigenvalue weighted by atomic mass is 16.5. The van der Waals surface area contributed by atoms with Gasteiger partial charge in [0, 0.05) is 5.69 Å². The average Bonchev–Trinajstić information content (AvgIpc) is 2.66. The molecule has 0 aromatic heterocycles. The number of amides is 1. The molecule has 0 aliphatic rings. The molecule has 0 spiro atoms. The Hall–Kier alpha value is -3.27. The minimum absolute atomic E-state index is 0.421. The molecular formula is C21H20N2O2. The van der Waals surface area contributed by atoms with Crippen molar-refractivity contribution in [2.75, 3.05) is 5.32 Å². The van der Waals surface area contributed by atoms with Crippen molar-refractivity contribution in [1.82, 2.24) is 0 Å². The van der Waals surface area contributed by atoms with Gasteiger partial charge in [-0.3, -0.25) is 4.79 Å². The Bertz CT molecular complexity index is 802. The first-order chi connectivity index (χ1) is 12.2. The fourth-order valence-corrected chi connectivity index (χ4v) is 2.52. The zero-order valence-electron chi connectivity index (χ0n) is 13.8. The van der Waals surface area contributed by atoms with Crippen molar-refractivity contribution in [1.29, 1.82) is 0 Å². The molecule has 25 heavy (non-hydrogen) atoms. The summed E-state index contributed by atoms with van der Waals surface area (Å²) >= 11 is 0. The number of carbonyl (C=O) groups excluding carboxylic acids is 1. The minimum Gasteiger partial charge on any atom is -0.489 e. The Kier molecular flexibility index (Phi) is 5.32. The van der Waals surface area contributed by atoms with E-state index in [-0.39, 0.29) is 0 Å². The van der Waals surface area contributed by atoms with E-state index < -0.39 is 11.9 Å². The van der Waals surface area contributed by atoms with Gasteiger partial charge in [0.2, 0.25) is 5.91 Å². The van der Waals surface area contributed by atoms with E-state index in [0.29, 0.717) is 6.61 Å². The van der Waals surface area contributed by atoms with Crippen molar-refractivity contribution < 1.29 is 9.53 Å². The predicted octanol–water partition coefficient (Wildman–Crippen LogP) is 3.90. The highest BCUT2D eigenvalue weighted by molar-refractivity contribution is 5.84. The lowest BCUT2D eigenvalue weighted by Gasteiger charge is -2.17. The van der Waals surface area contributed by atoms with E-state index in [9.17, 15) is 4.79 Å². The van der Waals surface area contributed by atoms with Crippen LogP contribution in [-0.4, -0.2) is 5.91 Å². The zero-order chi connectivity index (χ0) is 17.5. The summed E-state index contributed by atoms with van der Waals surface area (Å²) in [4.78, 5) is 11.8. The highest BCUT2D eigenvalue weighted by Crippen LogP contribution is 2.22. The van der Waals surface area contributed by atoms with Crippen LogP contribution in [0.1, 0.15) is 17.2 Å². The lowest BCUT2D eigenvalue weighted by molar-refractivity contribution is -0.118. The molecule has 1 amide bonds. The summed E-state index contributed by atoms with van der Waals surface area (Å²) in [6, 6.07) is 26.3. The van der Waals surface area contributed by atoms with Crippen molar-refractivity contribution in [3.8, 4) is 5.75 Å². The molecule has 0 radical (unpaired) electrons. The molecule has 4 heteroatoms. The highest BCUT2D eigenvalue weighted by Gasteiger charge is 2.17. The van der Waals surface area contributed by atoms with Crippen molar-refractivity contribution in [2.24, 2.45) is 5.73 Å². The van der Waals surface area contributed by atoms with Crippen molar-refractivity contribution in [2.45, 2.75) is 12.6 Å². The van der Waals surface area contributed by atoms with E-state index in [0.717, 1.165) is 22.6 Å². The monoisotopic (exact) mass is 332 g/mol. The van der Waals surface area contributed by atoms with Gasteiger partial charge in [-0.1, -0.05) is 60.7 Å². The third-order valence-corrected chi connectivity index (χ3v) is 3.83. The summed E-state index contributed by atoms with van der Waals surface area (Å²) in [5.74, 6) is 0.348. The standard InChI is InChI=1S/C21H20N2O2/c22-21(24)20(17-9-5-2-6-10-17)23-18-11-13-19(14-12-18)25-15-16-7-3-1-4-8-16/h1-14,20,23H,15H2,(H2,22,24)/t20-/m0/s1. The maximum atomic E-state index is 11.8. The van der Waals surface area contributed by atoms with Crippen LogP contribution in [0.2, 0.25) is 0 Å². The van der Waals surface area contributed by atoms with Crippen LogP contribution in [0.3, 0.4) is 0 Å². The van der Waals surface area contributed by atoms with Gasteiger partial charge in [0.25, 0.3) is 0 Å². The number of primary amides is 1. The van der Waals surface area contributed by atoms with Crippen LogP contribution < -0.4 is 15.8 Å². The van der Waals surface area contributed by atoms with Gasteiger partial charge in [0.05, 0.1) is 0 Å². The Labute approximate surface area is 147 Å². The molecule has 3 rings (SSSR count). The van der Waals surface area contributed by atoms with E-state index >= 15 is 0 Å². The summed E-state index contributed by atoms with van der Waals surface area (Å²) in [7, 11) is 0. The molecule has 4 nitrogen and oxygen atoms in total. The number of hydrogen-bond acceptors (Lipinski definition) is 3. The van der Waals surface area contributed by atoms with E-state index in [1.807, 2.05) is 84.9 Å². The quantitative estimate of drug-likeness (QED) is 0.689. The van der Waals surface area contributed by atoms with Gasteiger partial charge in [0.1, 0.15) is 18.4 Å². The Balaban J connectivity index is 1.64. The third-order valence-electron chi connectivity index (χ3n) is 3.83. The van der Waals surface area contributed by atoms with Crippen LogP contribution >= 0.6 is 0 Å². The first-order valence-electron chi connectivity index (χ1n) is 8.10. The molecule has 1 atom stereocenters. The fourth-order valence-electron chi connectivity index (χ4n) is 2.52. The summed E-state index contributed by atoms with van der Waals surface area (Å²) < 4.78 is 5.76. The van der Waals surface area contributed by atoms with E-state index in [4.69, 9.17) is 10.5 Å². The number of nitrogens with one attached hydrogen (secondary N) is 1. The van der Waals surface area contributed by atoms with Gasteiger partial charge in [-0.2, -0.15) is 0 Å². The van der Waals surface area contributed by atoms with Gasteiger partial charge in [-0.25, -0.2) is 0 Å². The van der Waals surface area contributed by atoms with Gasteiger partial charge < -0.3 is 15.8 Å². The fraction of sp³-hybridized carbons (Fsp3) is 0.0952. The smallest absolute Gasteiger partial charge is 0.244 e. The van der Waals surface area contributed by atoms with Crippen LogP contribution in [-0.2, 0) is 11.4 Å². The number of benzene rings is 3. The van der Waals surface area contributed by atoms with Crippen LogP contribution in [0.25, 0.3) is 0 Å². The molecule has 0 saturated heterocycles. The molecule has 3 aromatic rings. The molecule has 0 heterocycles. The largest absolute Gasteiger partial charge is 0.489 e. The van der Waals surface area contributed by atoms with Gasteiger partial charge in [0.15, 0.2) is 0 Å². The summed E-state index contributed by atoms with van der Waals surface area (Å²) in [5, 5.41) is 3.17. The third kappa shape index (κ3) is 4.61. The second-order valence-corrected chi connectivity index (χ2v) is 5.69. The van der Waals surface area contributed by atoms with Gasteiger partial charge in [-0.15, -0.1) is 0 Å². The molecule has 0 fully saturated rings. The van der Waals surface area contributed by atoms with E-state index in [2.05, 4.69) is 5.32 Å². The predicted molar refractivity (Wildman–Crippen MR) is 99.2 cm³/mol. The number of nitrogens with two attached hydrogens (primary N) is 1. The van der Waals surface area contributed by atoms with Crippen LogP contribution in [0.5, 0.6) is 5.75 Å². The van der Waals surface area contributed by atoms with Gasteiger partial charge >= 0.3 is 0 Å². The first-order valence-corrected chi connectivity index (χ1v) is 8.10. The van der Waals surface area contributed by atoms with Crippen LogP contribution in [0.4, 0.5) is 5.69 Å². The number of carbonyl (C=O) groups is 1. The molecule has 0 saturated carbocycles. The Morgan fingerprint density at radius 1 is 0.880 bits per heavy atom. The van der Waals surface area contributed by atoms with Crippen molar-refractivity contribution in [3.05, 3.63) is 96.1 Å². The number of rotatable bonds is 7. The number of anilines is 1. The van der Waals surface area contributed by atoms with Gasteiger partial charge in [-0.05, 0) is 35.4 Å². The molecule has 3 N–H and O–H groups in total. The molecule has 0 unspecified atom stereocenters. The number of ether oxygens (including phenoxy) is 1. The zero-order valence-corrected chi connectivity index (χ0v) is 13.8. The Morgan fingerprint density at radius 2 is 1.48 bits per heavy atom. The Morgan fingerprint density at radius 3 is 2.08 bits per heavy atom. The normalized spacial score (nSPS) is 11.5. The average molecular weight is 332 g/mol. The maximum absolute atomic E-state index is 11.8. The molecule has 0 aliphatic heterocycles. The second-order valence-electron chi connectivity index (χ2n) is 5.69. The summed E-state index contributed by atoms with van der Waals surface area (Å²) in [5.41, 5.74) is 8.28. The molecular weight excluding hydrogens is 312 g/mol. The second kappa shape index (κ2) is 8.02. The SMILES string of the molecule is NC(=O)[C@@H](Nc1ccc(OCc2ccccc2)cc1)c1ccccc1. The first kappa shape index (κ1) is 16.6. The number of hydrogen-bond donors (Lipinski definition) is 2. The lowest BCUT2D eigenvalue weighted by Crippen LogP contribution is -2.27. The molecule has 126 valence electrons. The van der Waals surface area contributed by atoms with Crippen LogP contribution in [0, 0.1) is 0 Å². The summed E-state index contributed by atoms with van der Waals surface area (Å²) in [6.45, 7) is 0.515.